The van der Waals surface area contributed by atoms with Crippen LogP contribution >= 0.6 is 0 Å². The van der Waals surface area contributed by atoms with E-state index in [1.165, 1.54) is 4.31 Å². The number of hydrogen-bond acceptors (Lipinski definition) is 4. The molecule has 2 fully saturated rings. The van der Waals surface area contributed by atoms with Crippen molar-refractivity contribution in [1.82, 2.24) is 9.21 Å². The van der Waals surface area contributed by atoms with E-state index in [1.54, 1.807) is 25.1 Å². The second kappa shape index (κ2) is 6.22. The maximum atomic E-state index is 12.9. The van der Waals surface area contributed by atoms with Gasteiger partial charge in [0.05, 0.1) is 4.90 Å². The number of benzene rings is 1. The summed E-state index contributed by atoms with van der Waals surface area (Å²) in [4.78, 5) is 14.3. The monoisotopic (exact) mass is 337 g/mol. The Bertz CT molecular complexity index is 705. The molecule has 126 valence electrons. The largest absolute Gasteiger partial charge is 0.326 e. The Labute approximate surface area is 137 Å². The van der Waals surface area contributed by atoms with Gasteiger partial charge in [-0.15, -0.1) is 0 Å². The SMILES string of the molecule is Cc1ccc(NC(=O)C2CC2)cc1S(=O)(=O)N1CCN(C)CC1. The van der Waals surface area contributed by atoms with Crippen LogP contribution in [0.1, 0.15) is 18.4 Å². The van der Waals surface area contributed by atoms with Gasteiger partial charge in [0.15, 0.2) is 0 Å². The van der Waals surface area contributed by atoms with Crippen molar-refractivity contribution in [2.24, 2.45) is 5.92 Å². The highest BCUT2D eigenvalue weighted by atomic mass is 32.2. The first kappa shape index (κ1) is 16.4. The Morgan fingerprint density at radius 1 is 1.17 bits per heavy atom. The summed E-state index contributed by atoms with van der Waals surface area (Å²) in [7, 11) is -1.53. The molecular formula is C16H23N3O3S. The second-order valence-electron chi connectivity index (χ2n) is 6.45. The molecule has 0 aromatic heterocycles. The summed E-state index contributed by atoms with van der Waals surface area (Å²) < 4.78 is 27.3. The summed E-state index contributed by atoms with van der Waals surface area (Å²) in [6.07, 6.45) is 1.84. The minimum absolute atomic E-state index is 0.0169. The lowest BCUT2D eigenvalue weighted by Gasteiger charge is -2.32. The van der Waals surface area contributed by atoms with Gasteiger partial charge in [0.1, 0.15) is 0 Å². The first-order chi connectivity index (χ1) is 10.9. The van der Waals surface area contributed by atoms with Crippen molar-refractivity contribution < 1.29 is 13.2 Å². The van der Waals surface area contributed by atoms with Crippen LogP contribution in [0.15, 0.2) is 23.1 Å². The molecule has 1 aromatic carbocycles. The summed E-state index contributed by atoms with van der Waals surface area (Å²) in [5, 5.41) is 2.82. The van der Waals surface area contributed by atoms with Crippen molar-refractivity contribution in [3.63, 3.8) is 0 Å². The van der Waals surface area contributed by atoms with Crippen LogP contribution in [-0.4, -0.2) is 56.8 Å². The summed E-state index contributed by atoms with van der Waals surface area (Å²) >= 11 is 0. The molecule has 0 unspecified atom stereocenters. The van der Waals surface area contributed by atoms with Crippen LogP contribution in [0.3, 0.4) is 0 Å². The van der Waals surface area contributed by atoms with Gasteiger partial charge in [0, 0.05) is 37.8 Å². The Balaban J connectivity index is 1.83. The van der Waals surface area contributed by atoms with Gasteiger partial charge in [-0.05, 0) is 44.5 Å². The highest BCUT2D eigenvalue weighted by Gasteiger charge is 2.31. The van der Waals surface area contributed by atoms with Gasteiger partial charge >= 0.3 is 0 Å². The quantitative estimate of drug-likeness (QED) is 0.898. The van der Waals surface area contributed by atoms with Gasteiger partial charge in [-0.1, -0.05) is 6.07 Å². The lowest BCUT2D eigenvalue weighted by molar-refractivity contribution is -0.117. The maximum absolute atomic E-state index is 12.9. The van der Waals surface area contributed by atoms with E-state index in [2.05, 4.69) is 10.2 Å². The number of likely N-dealkylation sites (N-methyl/N-ethyl adjacent to an activating group) is 1. The molecule has 1 amide bonds. The summed E-state index contributed by atoms with van der Waals surface area (Å²) in [6, 6.07) is 5.10. The average molecular weight is 337 g/mol. The number of carbonyl (C=O) groups excluding carboxylic acids is 1. The Hall–Kier alpha value is -1.44. The number of carbonyl (C=O) groups is 1. The summed E-state index contributed by atoms with van der Waals surface area (Å²) in [6.45, 7) is 4.25. The topological polar surface area (TPSA) is 69.7 Å². The van der Waals surface area contributed by atoms with Crippen molar-refractivity contribution in [2.45, 2.75) is 24.7 Å². The van der Waals surface area contributed by atoms with Gasteiger partial charge < -0.3 is 10.2 Å². The molecule has 1 aromatic rings. The lowest BCUT2D eigenvalue weighted by Crippen LogP contribution is -2.47. The van der Waals surface area contributed by atoms with Gasteiger partial charge in [0.25, 0.3) is 0 Å². The molecule has 1 N–H and O–H groups in total. The molecule has 1 heterocycles. The number of nitrogens with zero attached hydrogens (tertiary/aromatic N) is 2. The van der Waals surface area contributed by atoms with E-state index in [0.717, 1.165) is 25.9 Å². The molecule has 7 heteroatoms. The van der Waals surface area contributed by atoms with Crippen LogP contribution in [-0.2, 0) is 14.8 Å². The van der Waals surface area contributed by atoms with Crippen molar-refractivity contribution in [1.29, 1.82) is 0 Å². The Kier molecular flexibility index (Phi) is 4.44. The van der Waals surface area contributed by atoms with E-state index < -0.39 is 10.0 Å². The van der Waals surface area contributed by atoms with Crippen LogP contribution in [0, 0.1) is 12.8 Å². The van der Waals surface area contributed by atoms with Crippen molar-refractivity contribution >= 4 is 21.6 Å². The Morgan fingerprint density at radius 3 is 2.43 bits per heavy atom. The van der Waals surface area contributed by atoms with E-state index in [-0.39, 0.29) is 16.7 Å². The molecular weight excluding hydrogens is 314 g/mol. The molecule has 3 rings (SSSR count). The highest BCUT2D eigenvalue weighted by molar-refractivity contribution is 7.89. The molecule has 0 spiro atoms. The van der Waals surface area contributed by atoms with E-state index in [0.29, 0.717) is 24.3 Å². The van der Waals surface area contributed by atoms with Crippen molar-refractivity contribution in [3.8, 4) is 0 Å². The lowest BCUT2D eigenvalue weighted by atomic mass is 10.2. The number of sulfonamides is 1. The molecule has 23 heavy (non-hydrogen) atoms. The number of nitrogens with one attached hydrogen (secondary N) is 1. The van der Waals surface area contributed by atoms with Gasteiger partial charge in [-0.2, -0.15) is 4.31 Å². The predicted molar refractivity (Wildman–Crippen MR) is 88.8 cm³/mol. The minimum atomic E-state index is -3.52. The number of aryl methyl sites for hydroxylation is 1. The first-order valence-electron chi connectivity index (χ1n) is 7.98. The fourth-order valence-electron chi connectivity index (χ4n) is 2.71. The molecule has 6 nitrogen and oxygen atoms in total. The summed E-state index contributed by atoms with van der Waals surface area (Å²) in [5.41, 5.74) is 1.26. The van der Waals surface area contributed by atoms with E-state index >= 15 is 0 Å². The first-order valence-corrected chi connectivity index (χ1v) is 9.42. The van der Waals surface area contributed by atoms with Gasteiger partial charge in [-0.25, -0.2) is 8.42 Å². The number of piperazine rings is 1. The third kappa shape index (κ3) is 3.57. The zero-order chi connectivity index (χ0) is 16.6. The standard InChI is InChI=1S/C16H23N3O3S/c1-12-3-6-14(17-16(20)13-4-5-13)11-15(12)23(21,22)19-9-7-18(2)8-10-19/h3,6,11,13H,4-5,7-10H2,1-2H3,(H,17,20). The molecule has 0 radical (unpaired) electrons. The smallest absolute Gasteiger partial charge is 0.243 e. The molecule has 1 saturated carbocycles. The fraction of sp³-hybridized carbons (Fsp3) is 0.562. The van der Waals surface area contributed by atoms with Crippen LogP contribution in [0.4, 0.5) is 5.69 Å². The molecule has 1 aliphatic carbocycles. The number of hydrogen-bond donors (Lipinski definition) is 1. The second-order valence-corrected chi connectivity index (χ2v) is 8.36. The zero-order valence-corrected chi connectivity index (χ0v) is 14.4. The van der Waals surface area contributed by atoms with Gasteiger partial charge in [-0.3, -0.25) is 4.79 Å². The number of rotatable bonds is 4. The van der Waals surface area contributed by atoms with Crippen molar-refractivity contribution in [3.05, 3.63) is 23.8 Å². The van der Waals surface area contributed by atoms with Crippen LogP contribution in [0.2, 0.25) is 0 Å². The van der Waals surface area contributed by atoms with Crippen LogP contribution in [0.5, 0.6) is 0 Å². The van der Waals surface area contributed by atoms with E-state index in [9.17, 15) is 13.2 Å². The third-order valence-electron chi connectivity index (χ3n) is 4.48. The predicted octanol–water partition coefficient (Wildman–Crippen LogP) is 1.28. The molecule has 0 atom stereocenters. The molecule has 1 aliphatic heterocycles. The molecule has 1 saturated heterocycles. The molecule has 2 aliphatic rings. The summed E-state index contributed by atoms with van der Waals surface area (Å²) in [5.74, 6) is 0.0748. The van der Waals surface area contributed by atoms with Crippen LogP contribution < -0.4 is 5.32 Å². The fourth-order valence-corrected chi connectivity index (χ4v) is 4.39. The van der Waals surface area contributed by atoms with Crippen molar-refractivity contribution in [2.75, 3.05) is 38.5 Å². The molecule has 0 bridgehead atoms. The van der Waals surface area contributed by atoms with E-state index in [1.807, 2.05) is 7.05 Å². The zero-order valence-electron chi connectivity index (χ0n) is 13.6. The normalized spacial score (nSPS) is 20.4. The maximum Gasteiger partial charge on any atom is 0.243 e. The highest BCUT2D eigenvalue weighted by Crippen LogP contribution is 2.31. The average Bonchev–Trinajstić information content (AvgIpc) is 3.34. The number of amides is 1. The van der Waals surface area contributed by atoms with E-state index in [4.69, 9.17) is 0 Å². The van der Waals surface area contributed by atoms with Crippen LogP contribution in [0.25, 0.3) is 0 Å². The third-order valence-corrected chi connectivity index (χ3v) is 6.52. The Morgan fingerprint density at radius 2 is 1.83 bits per heavy atom. The van der Waals surface area contributed by atoms with Gasteiger partial charge in [0.2, 0.25) is 15.9 Å². The minimum Gasteiger partial charge on any atom is -0.326 e. The number of anilines is 1.